The van der Waals surface area contributed by atoms with E-state index in [4.69, 9.17) is 23.2 Å². The number of ketones is 1. The molecule has 0 spiro atoms. The summed E-state index contributed by atoms with van der Waals surface area (Å²) >= 11 is 12.5. The molecule has 1 unspecified atom stereocenters. The Labute approximate surface area is 202 Å². The van der Waals surface area contributed by atoms with Gasteiger partial charge in [0.05, 0.1) is 0 Å². The molecule has 2 N–H and O–H groups in total. The van der Waals surface area contributed by atoms with Gasteiger partial charge in [-0.05, 0) is 31.0 Å². The van der Waals surface area contributed by atoms with Crippen molar-refractivity contribution in [3.63, 3.8) is 0 Å². The van der Waals surface area contributed by atoms with Gasteiger partial charge in [-0.1, -0.05) is 59.6 Å². The van der Waals surface area contributed by atoms with Crippen LogP contribution in [0, 0.1) is 0 Å². The lowest BCUT2D eigenvalue weighted by molar-refractivity contribution is -0.141. The van der Waals surface area contributed by atoms with Crippen molar-refractivity contribution >= 4 is 46.7 Å². The van der Waals surface area contributed by atoms with Crippen molar-refractivity contribution in [1.82, 2.24) is 15.5 Å². The van der Waals surface area contributed by atoms with Crippen LogP contribution in [0.25, 0.3) is 0 Å². The minimum atomic E-state index is -1.06. The van der Waals surface area contributed by atoms with Gasteiger partial charge in [0.15, 0.2) is 0 Å². The highest BCUT2D eigenvalue weighted by atomic mass is 35.5. The van der Waals surface area contributed by atoms with E-state index in [1.54, 1.807) is 25.1 Å². The highest BCUT2D eigenvalue weighted by Crippen LogP contribution is 2.29. The van der Waals surface area contributed by atoms with Crippen LogP contribution >= 0.6 is 23.2 Å². The van der Waals surface area contributed by atoms with Crippen molar-refractivity contribution in [1.29, 1.82) is 0 Å². The Balaban J connectivity index is 1.79. The highest BCUT2D eigenvalue weighted by molar-refractivity contribution is 6.38. The second-order valence-electron chi connectivity index (χ2n) is 7.75. The number of halogens is 2. The molecule has 0 bridgehead atoms. The number of amides is 3. The normalized spacial score (nSPS) is 16.4. The Bertz CT molecular complexity index is 1030. The minimum absolute atomic E-state index is 0.0725. The van der Waals surface area contributed by atoms with E-state index in [-0.39, 0.29) is 25.3 Å². The van der Waals surface area contributed by atoms with Crippen LogP contribution in [0.5, 0.6) is 0 Å². The second kappa shape index (κ2) is 11.3. The van der Waals surface area contributed by atoms with E-state index in [0.717, 1.165) is 5.56 Å². The smallest absolute Gasteiger partial charge is 0.289 e. The van der Waals surface area contributed by atoms with Crippen molar-refractivity contribution in [2.45, 2.75) is 44.8 Å². The van der Waals surface area contributed by atoms with E-state index in [9.17, 15) is 19.2 Å². The minimum Gasteiger partial charge on any atom is -0.350 e. The average Bonchev–Trinajstić information content (AvgIpc) is 3.16. The molecule has 3 amide bonds. The molecule has 174 valence electrons. The van der Waals surface area contributed by atoms with Crippen molar-refractivity contribution in [2.24, 2.45) is 0 Å². The number of hydrogen-bond donors (Lipinski definition) is 2. The van der Waals surface area contributed by atoms with Gasteiger partial charge >= 0.3 is 0 Å². The van der Waals surface area contributed by atoms with Crippen molar-refractivity contribution in [3.05, 3.63) is 69.7 Å². The fourth-order valence-electron chi connectivity index (χ4n) is 3.79. The summed E-state index contributed by atoms with van der Waals surface area (Å²) < 4.78 is 0. The molecule has 2 aromatic carbocycles. The van der Waals surface area contributed by atoms with E-state index >= 15 is 0 Å². The summed E-state index contributed by atoms with van der Waals surface area (Å²) in [6.45, 7) is 2.07. The largest absolute Gasteiger partial charge is 0.350 e. The van der Waals surface area contributed by atoms with Crippen molar-refractivity contribution < 1.29 is 19.2 Å². The Morgan fingerprint density at radius 2 is 1.73 bits per heavy atom. The lowest BCUT2D eigenvalue weighted by atomic mass is 10.0. The molecule has 1 heterocycles. The van der Waals surface area contributed by atoms with Crippen molar-refractivity contribution in [2.75, 3.05) is 6.54 Å². The number of benzene rings is 2. The first-order chi connectivity index (χ1) is 15.8. The quantitative estimate of drug-likeness (QED) is 0.529. The molecule has 2 aromatic rings. The number of rotatable bonds is 9. The molecule has 1 aliphatic heterocycles. The topological polar surface area (TPSA) is 95.6 Å². The Morgan fingerprint density at radius 1 is 1.06 bits per heavy atom. The fraction of sp³-hybridized carbons (Fsp3) is 0.333. The summed E-state index contributed by atoms with van der Waals surface area (Å²) in [7, 11) is 0. The Morgan fingerprint density at radius 3 is 2.36 bits per heavy atom. The molecule has 1 aliphatic rings. The van der Waals surface area contributed by atoms with Crippen LogP contribution in [0.15, 0.2) is 48.5 Å². The second-order valence-corrected chi connectivity index (χ2v) is 8.57. The van der Waals surface area contributed by atoms with Crippen LogP contribution in [-0.2, 0) is 32.1 Å². The summed E-state index contributed by atoms with van der Waals surface area (Å²) in [5.74, 6) is -2.21. The SMILES string of the molecule is CCNC(=O)C(=O)C(Cc1ccccc1)NC(=O)[C@@H]1CCC(=O)N1Cc1c(Cl)cccc1Cl. The molecule has 7 nitrogen and oxygen atoms in total. The van der Waals surface area contributed by atoms with E-state index in [2.05, 4.69) is 10.6 Å². The first-order valence-electron chi connectivity index (χ1n) is 10.7. The van der Waals surface area contributed by atoms with Gasteiger partial charge in [0, 0.05) is 41.5 Å². The maximum atomic E-state index is 13.2. The van der Waals surface area contributed by atoms with Gasteiger partial charge in [-0.3, -0.25) is 19.2 Å². The third kappa shape index (κ3) is 6.12. The third-order valence-electron chi connectivity index (χ3n) is 5.50. The average molecular weight is 490 g/mol. The number of hydrogen-bond acceptors (Lipinski definition) is 4. The summed E-state index contributed by atoms with van der Waals surface area (Å²) in [5, 5.41) is 5.98. The maximum Gasteiger partial charge on any atom is 0.289 e. The van der Waals surface area contributed by atoms with E-state index < -0.39 is 29.7 Å². The van der Waals surface area contributed by atoms with Crippen LogP contribution in [0.1, 0.15) is 30.9 Å². The highest BCUT2D eigenvalue weighted by Gasteiger charge is 2.38. The Hall–Kier alpha value is -2.90. The number of Topliss-reactive ketones (excluding diaryl/α,β-unsaturated/α-hetero) is 1. The van der Waals surface area contributed by atoms with Crippen molar-refractivity contribution in [3.8, 4) is 0 Å². The number of carbonyl (C=O) groups is 4. The number of likely N-dealkylation sites (N-methyl/N-ethyl adjacent to an activating group) is 1. The fourth-order valence-corrected chi connectivity index (χ4v) is 4.31. The summed E-state index contributed by atoms with van der Waals surface area (Å²) in [5.41, 5.74) is 1.34. The molecule has 3 rings (SSSR count). The Kier molecular flexibility index (Phi) is 8.47. The maximum absolute atomic E-state index is 13.2. The van der Waals surface area contributed by atoms with Gasteiger partial charge in [0.2, 0.25) is 17.6 Å². The first-order valence-corrected chi connectivity index (χ1v) is 11.5. The zero-order valence-corrected chi connectivity index (χ0v) is 19.7. The molecule has 0 saturated carbocycles. The monoisotopic (exact) mass is 489 g/mol. The molecule has 0 aliphatic carbocycles. The van der Waals surface area contributed by atoms with Crippen LogP contribution in [-0.4, -0.2) is 47.0 Å². The van der Waals surface area contributed by atoms with Crippen LogP contribution < -0.4 is 10.6 Å². The lowest BCUT2D eigenvalue weighted by Crippen LogP contribution is -2.53. The summed E-state index contributed by atoms with van der Waals surface area (Å²) in [6, 6.07) is 12.3. The molecule has 2 atom stereocenters. The number of nitrogens with zero attached hydrogens (tertiary/aromatic N) is 1. The number of carbonyl (C=O) groups excluding carboxylic acids is 4. The van der Waals surface area contributed by atoms with E-state index in [0.29, 0.717) is 28.6 Å². The third-order valence-corrected chi connectivity index (χ3v) is 6.21. The molecular formula is C24H25Cl2N3O4. The molecule has 33 heavy (non-hydrogen) atoms. The molecule has 0 aromatic heterocycles. The zero-order valence-electron chi connectivity index (χ0n) is 18.1. The standard InChI is InChI=1S/C24H25Cl2N3O4/c1-2-27-24(33)22(31)19(13-15-7-4-3-5-8-15)28-23(32)20-11-12-21(30)29(20)14-16-17(25)9-6-10-18(16)26/h3-10,19-20H,2,11-14H2,1H3,(H,27,33)(H,28,32)/t19?,20-/m0/s1. The van der Waals surface area contributed by atoms with Gasteiger partial charge in [-0.25, -0.2) is 0 Å². The first kappa shape index (κ1) is 24.7. The van der Waals surface area contributed by atoms with Crippen LogP contribution in [0.4, 0.5) is 0 Å². The number of nitrogens with one attached hydrogen (secondary N) is 2. The van der Waals surface area contributed by atoms with E-state index in [1.165, 1.54) is 4.90 Å². The number of likely N-dealkylation sites (tertiary alicyclic amines) is 1. The van der Waals surface area contributed by atoms with E-state index in [1.807, 2.05) is 30.3 Å². The van der Waals surface area contributed by atoms with Gasteiger partial charge < -0.3 is 15.5 Å². The van der Waals surface area contributed by atoms with Gasteiger partial charge in [0.1, 0.15) is 12.1 Å². The molecular weight excluding hydrogens is 465 g/mol. The molecule has 1 fully saturated rings. The molecule has 0 radical (unpaired) electrons. The van der Waals surface area contributed by atoms with Gasteiger partial charge in [-0.2, -0.15) is 0 Å². The van der Waals surface area contributed by atoms with Crippen LogP contribution in [0.3, 0.4) is 0 Å². The predicted molar refractivity (Wildman–Crippen MR) is 126 cm³/mol. The van der Waals surface area contributed by atoms with Crippen LogP contribution in [0.2, 0.25) is 10.0 Å². The predicted octanol–water partition coefficient (Wildman–Crippen LogP) is 2.92. The summed E-state index contributed by atoms with van der Waals surface area (Å²) in [6.07, 6.45) is 0.632. The van der Waals surface area contributed by atoms with Gasteiger partial charge in [0.25, 0.3) is 5.91 Å². The molecule has 9 heteroatoms. The zero-order chi connectivity index (χ0) is 24.0. The molecule has 1 saturated heterocycles. The lowest BCUT2D eigenvalue weighted by Gasteiger charge is -2.27. The van der Waals surface area contributed by atoms with Gasteiger partial charge in [-0.15, -0.1) is 0 Å². The summed E-state index contributed by atoms with van der Waals surface area (Å²) in [4.78, 5) is 52.1.